The van der Waals surface area contributed by atoms with Crippen LogP contribution in [0.15, 0.2) is 176 Å². The van der Waals surface area contributed by atoms with Crippen LogP contribution in [-0.2, 0) is 0 Å². The molecule has 0 saturated heterocycles. The average molecular weight is 612 g/mol. The fourth-order valence-electron chi connectivity index (χ4n) is 6.64. The summed E-state index contributed by atoms with van der Waals surface area (Å²) in [6.45, 7) is 0. The molecule has 0 N–H and O–H groups in total. The summed E-state index contributed by atoms with van der Waals surface area (Å²) >= 11 is 0. The van der Waals surface area contributed by atoms with E-state index in [0.717, 1.165) is 27.5 Å². The first kappa shape index (κ1) is 27.8. The van der Waals surface area contributed by atoms with E-state index >= 15 is 0 Å². The van der Waals surface area contributed by atoms with Gasteiger partial charge in [-0.2, -0.15) is 0 Å². The zero-order chi connectivity index (χ0) is 31.9. The summed E-state index contributed by atoms with van der Waals surface area (Å²) < 4.78 is 0. The van der Waals surface area contributed by atoms with Gasteiger partial charge in [0.05, 0.1) is 0 Å². The molecule has 9 rings (SSSR count). The highest BCUT2D eigenvalue weighted by atomic mass is 15.0. The van der Waals surface area contributed by atoms with Gasteiger partial charge < -0.3 is 0 Å². The second kappa shape index (κ2) is 11.7. The van der Waals surface area contributed by atoms with Crippen LogP contribution in [0.2, 0.25) is 0 Å². The second-order valence-corrected chi connectivity index (χ2v) is 12.1. The number of hydrogen-bond acceptors (Lipinski definition) is 3. The number of aromatic nitrogens is 3. The molecule has 0 bridgehead atoms. The molecular formula is C45H29N3. The van der Waals surface area contributed by atoms with Crippen molar-refractivity contribution < 1.29 is 0 Å². The third-order valence-electron chi connectivity index (χ3n) is 9.08. The van der Waals surface area contributed by atoms with Crippen molar-refractivity contribution in [2.24, 2.45) is 0 Å². The summed E-state index contributed by atoms with van der Waals surface area (Å²) in [4.78, 5) is 15.1. The van der Waals surface area contributed by atoms with Gasteiger partial charge in [-0.05, 0) is 78.8 Å². The molecule has 8 aromatic carbocycles. The molecule has 9 aromatic rings. The molecule has 0 aliphatic carbocycles. The molecule has 3 heteroatoms. The highest BCUT2D eigenvalue weighted by Gasteiger charge is 2.16. The summed E-state index contributed by atoms with van der Waals surface area (Å²) in [5.41, 5.74) is 7.71. The lowest BCUT2D eigenvalue weighted by atomic mass is 9.93. The molecule has 0 fully saturated rings. The van der Waals surface area contributed by atoms with E-state index < -0.39 is 0 Å². The molecule has 0 aliphatic rings. The summed E-state index contributed by atoms with van der Waals surface area (Å²) in [5, 5.41) is 7.08. The molecular weight excluding hydrogens is 583 g/mol. The molecule has 48 heavy (non-hydrogen) atoms. The van der Waals surface area contributed by atoms with Gasteiger partial charge in [0.2, 0.25) is 0 Å². The Morgan fingerprint density at radius 1 is 0.250 bits per heavy atom. The van der Waals surface area contributed by atoms with Gasteiger partial charge in [0.25, 0.3) is 0 Å². The third-order valence-corrected chi connectivity index (χ3v) is 9.08. The summed E-state index contributed by atoms with van der Waals surface area (Å²) in [6, 6.07) is 61.8. The number of fused-ring (bicyclic) bond motifs is 4. The van der Waals surface area contributed by atoms with Gasteiger partial charge in [-0.1, -0.05) is 152 Å². The van der Waals surface area contributed by atoms with Gasteiger partial charge in [0, 0.05) is 16.7 Å². The minimum atomic E-state index is 0.656. The van der Waals surface area contributed by atoms with E-state index in [1.165, 1.54) is 43.8 Å². The van der Waals surface area contributed by atoms with Crippen molar-refractivity contribution in [1.82, 2.24) is 15.0 Å². The molecule has 0 amide bonds. The molecule has 0 saturated carbocycles. The molecule has 0 spiro atoms. The highest BCUT2D eigenvalue weighted by Crippen LogP contribution is 2.37. The lowest BCUT2D eigenvalue weighted by Crippen LogP contribution is -2.00. The van der Waals surface area contributed by atoms with Crippen molar-refractivity contribution in [3.05, 3.63) is 176 Å². The van der Waals surface area contributed by atoms with Crippen LogP contribution in [-0.4, -0.2) is 15.0 Å². The Morgan fingerprint density at radius 3 is 1.27 bits per heavy atom. The summed E-state index contributed by atoms with van der Waals surface area (Å²) in [5.74, 6) is 1.97. The Hall–Kier alpha value is -6.45. The van der Waals surface area contributed by atoms with Crippen LogP contribution < -0.4 is 0 Å². The van der Waals surface area contributed by atoms with Crippen molar-refractivity contribution in [3.8, 4) is 56.4 Å². The Balaban J connectivity index is 1.20. The third kappa shape index (κ3) is 5.08. The lowest BCUT2D eigenvalue weighted by Gasteiger charge is -2.13. The highest BCUT2D eigenvalue weighted by molar-refractivity contribution is 6.14. The van der Waals surface area contributed by atoms with E-state index in [4.69, 9.17) is 15.0 Å². The maximum absolute atomic E-state index is 5.08. The molecule has 0 radical (unpaired) electrons. The van der Waals surface area contributed by atoms with E-state index in [1.807, 2.05) is 60.7 Å². The molecule has 1 heterocycles. The second-order valence-electron chi connectivity index (χ2n) is 12.1. The predicted molar refractivity (Wildman–Crippen MR) is 200 cm³/mol. The van der Waals surface area contributed by atoms with Crippen molar-refractivity contribution >= 4 is 32.3 Å². The van der Waals surface area contributed by atoms with Gasteiger partial charge in [0.15, 0.2) is 17.5 Å². The van der Waals surface area contributed by atoms with Gasteiger partial charge >= 0.3 is 0 Å². The molecule has 0 aliphatic heterocycles. The first-order valence-corrected chi connectivity index (χ1v) is 16.2. The fourth-order valence-corrected chi connectivity index (χ4v) is 6.64. The Bertz CT molecular complexity index is 2540. The van der Waals surface area contributed by atoms with E-state index in [-0.39, 0.29) is 0 Å². The Morgan fingerprint density at radius 2 is 0.688 bits per heavy atom. The van der Waals surface area contributed by atoms with Crippen LogP contribution in [0.4, 0.5) is 0 Å². The van der Waals surface area contributed by atoms with E-state index in [0.29, 0.717) is 17.5 Å². The standard InChI is InChI=1S/C45H29N3/c1-4-12-30(13-5-1)33-20-21-35-27-36(23-22-34(35)26-33)37-24-25-39-38(28-37)29-42(41-19-11-10-18-40(39)41)45-47-43(31-14-6-2-7-15-31)46-44(48-45)32-16-8-3-9-17-32/h1-29H. The summed E-state index contributed by atoms with van der Waals surface area (Å²) in [7, 11) is 0. The van der Waals surface area contributed by atoms with Crippen LogP contribution in [0.5, 0.6) is 0 Å². The van der Waals surface area contributed by atoms with Crippen molar-refractivity contribution in [2.45, 2.75) is 0 Å². The number of hydrogen-bond donors (Lipinski definition) is 0. The largest absolute Gasteiger partial charge is 0.208 e. The average Bonchev–Trinajstić information content (AvgIpc) is 3.18. The van der Waals surface area contributed by atoms with Crippen LogP contribution in [0.25, 0.3) is 88.7 Å². The van der Waals surface area contributed by atoms with Crippen LogP contribution in [0.1, 0.15) is 0 Å². The van der Waals surface area contributed by atoms with Gasteiger partial charge in [-0.25, -0.2) is 15.0 Å². The predicted octanol–water partition coefficient (Wildman–Crippen LogP) is 11.7. The minimum absolute atomic E-state index is 0.656. The lowest BCUT2D eigenvalue weighted by molar-refractivity contribution is 1.08. The SMILES string of the molecule is c1ccc(-c2ccc3cc(-c4ccc5c(c4)cc(-c4nc(-c6ccccc6)nc(-c6ccccc6)n4)c4ccccc45)ccc3c2)cc1. The van der Waals surface area contributed by atoms with Crippen molar-refractivity contribution in [3.63, 3.8) is 0 Å². The normalized spacial score (nSPS) is 11.3. The zero-order valence-corrected chi connectivity index (χ0v) is 26.1. The van der Waals surface area contributed by atoms with Gasteiger partial charge in [-0.15, -0.1) is 0 Å². The first-order valence-electron chi connectivity index (χ1n) is 16.2. The number of rotatable bonds is 5. The Labute approximate surface area is 278 Å². The first-order chi connectivity index (χ1) is 23.8. The van der Waals surface area contributed by atoms with Crippen molar-refractivity contribution in [1.29, 1.82) is 0 Å². The maximum atomic E-state index is 5.08. The van der Waals surface area contributed by atoms with Gasteiger partial charge in [-0.3, -0.25) is 0 Å². The monoisotopic (exact) mass is 611 g/mol. The zero-order valence-electron chi connectivity index (χ0n) is 26.1. The molecule has 1 aromatic heterocycles. The van der Waals surface area contributed by atoms with Crippen molar-refractivity contribution in [2.75, 3.05) is 0 Å². The summed E-state index contributed by atoms with van der Waals surface area (Å²) in [6.07, 6.45) is 0. The number of nitrogens with zero attached hydrogens (tertiary/aromatic N) is 3. The van der Waals surface area contributed by atoms with Gasteiger partial charge in [0.1, 0.15) is 0 Å². The maximum Gasteiger partial charge on any atom is 0.164 e. The van der Waals surface area contributed by atoms with E-state index in [9.17, 15) is 0 Å². The van der Waals surface area contributed by atoms with Crippen LogP contribution in [0, 0.1) is 0 Å². The van der Waals surface area contributed by atoms with Crippen LogP contribution in [0.3, 0.4) is 0 Å². The minimum Gasteiger partial charge on any atom is -0.208 e. The quantitative estimate of drug-likeness (QED) is 0.182. The van der Waals surface area contributed by atoms with Crippen LogP contribution >= 0.6 is 0 Å². The molecule has 224 valence electrons. The van der Waals surface area contributed by atoms with E-state index in [1.54, 1.807) is 0 Å². The topological polar surface area (TPSA) is 38.7 Å². The number of benzene rings is 8. The fraction of sp³-hybridized carbons (Fsp3) is 0. The Kier molecular flexibility index (Phi) is 6.80. The van der Waals surface area contributed by atoms with E-state index in [2.05, 4.69) is 115 Å². The molecule has 0 unspecified atom stereocenters. The smallest absolute Gasteiger partial charge is 0.164 e. The molecule has 3 nitrogen and oxygen atoms in total. The molecule has 0 atom stereocenters.